The standard InChI is InChI=1S/C15H10IN3/c1-19-14-7-6-10(9-17)8-13(14)18-15(19)11-4-2-3-5-12(11)16/h2-8H,1H3. The third-order valence-electron chi connectivity index (χ3n) is 3.12. The normalized spacial score (nSPS) is 10.6. The maximum Gasteiger partial charge on any atom is 0.141 e. The van der Waals surface area contributed by atoms with Gasteiger partial charge in [-0.1, -0.05) is 18.2 Å². The van der Waals surface area contributed by atoms with E-state index in [1.165, 1.54) is 3.57 Å². The van der Waals surface area contributed by atoms with Crippen molar-refractivity contribution < 1.29 is 0 Å². The lowest BCUT2D eigenvalue weighted by atomic mass is 10.2. The molecule has 0 unspecified atom stereocenters. The van der Waals surface area contributed by atoms with Crippen molar-refractivity contribution in [1.82, 2.24) is 9.55 Å². The Morgan fingerprint density at radius 2 is 2.00 bits per heavy atom. The van der Waals surface area contributed by atoms with E-state index in [2.05, 4.69) is 50.3 Å². The van der Waals surface area contributed by atoms with Gasteiger partial charge in [0.2, 0.25) is 0 Å². The number of imidazole rings is 1. The van der Waals surface area contributed by atoms with Gasteiger partial charge in [-0.2, -0.15) is 5.26 Å². The van der Waals surface area contributed by atoms with Gasteiger partial charge in [-0.15, -0.1) is 0 Å². The molecule has 1 heterocycles. The predicted octanol–water partition coefficient (Wildman–Crippen LogP) is 3.72. The number of hydrogen-bond donors (Lipinski definition) is 0. The van der Waals surface area contributed by atoms with E-state index in [1.807, 2.05) is 37.4 Å². The van der Waals surface area contributed by atoms with Gasteiger partial charge < -0.3 is 4.57 Å². The quantitative estimate of drug-likeness (QED) is 0.622. The molecule has 0 amide bonds. The summed E-state index contributed by atoms with van der Waals surface area (Å²) >= 11 is 2.31. The van der Waals surface area contributed by atoms with Crippen molar-refractivity contribution in [3.05, 3.63) is 51.6 Å². The van der Waals surface area contributed by atoms with Gasteiger partial charge in [0, 0.05) is 16.2 Å². The Bertz CT molecular complexity index is 812. The number of benzene rings is 2. The van der Waals surface area contributed by atoms with E-state index >= 15 is 0 Å². The summed E-state index contributed by atoms with van der Waals surface area (Å²) in [6.45, 7) is 0. The number of nitriles is 1. The largest absolute Gasteiger partial charge is 0.327 e. The first-order chi connectivity index (χ1) is 9.20. The van der Waals surface area contributed by atoms with Crippen molar-refractivity contribution in [2.45, 2.75) is 0 Å². The highest BCUT2D eigenvalue weighted by atomic mass is 127. The summed E-state index contributed by atoms with van der Waals surface area (Å²) in [4.78, 5) is 4.66. The first-order valence-corrected chi connectivity index (χ1v) is 6.90. The van der Waals surface area contributed by atoms with Crippen LogP contribution in [0.2, 0.25) is 0 Å². The van der Waals surface area contributed by atoms with Crippen LogP contribution in [0.5, 0.6) is 0 Å². The molecule has 3 rings (SSSR count). The molecule has 92 valence electrons. The lowest BCUT2D eigenvalue weighted by Gasteiger charge is -2.04. The van der Waals surface area contributed by atoms with Crippen molar-refractivity contribution in [2.75, 3.05) is 0 Å². The van der Waals surface area contributed by atoms with Crippen LogP contribution in [-0.4, -0.2) is 9.55 Å². The summed E-state index contributed by atoms with van der Waals surface area (Å²) in [6, 6.07) is 15.9. The van der Waals surface area contributed by atoms with E-state index in [0.717, 1.165) is 22.4 Å². The van der Waals surface area contributed by atoms with Crippen LogP contribution in [0.4, 0.5) is 0 Å². The fourth-order valence-corrected chi connectivity index (χ4v) is 2.78. The van der Waals surface area contributed by atoms with Crippen LogP contribution in [0.1, 0.15) is 5.56 Å². The third-order valence-corrected chi connectivity index (χ3v) is 4.07. The Morgan fingerprint density at radius 3 is 2.74 bits per heavy atom. The van der Waals surface area contributed by atoms with Crippen LogP contribution < -0.4 is 0 Å². The third kappa shape index (κ3) is 2.00. The molecule has 0 radical (unpaired) electrons. The number of rotatable bonds is 1. The predicted molar refractivity (Wildman–Crippen MR) is 83.6 cm³/mol. The summed E-state index contributed by atoms with van der Waals surface area (Å²) in [7, 11) is 2.00. The lowest BCUT2D eigenvalue weighted by molar-refractivity contribution is 0.958. The number of aryl methyl sites for hydroxylation is 1. The molecule has 0 saturated carbocycles. The minimum Gasteiger partial charge on any atom is -0.327 e. The molecule has 0 fully saturated rings. The second-order valence-electron chi connectivity index (χ2n) is 4.29. The van der Waals surface area contributed by atoms with Gasteiger partial charge >= 0.3 is 0 Å². The molecular weight excluding hydrogens is 349 g/mol. The highest BCUT2D eigenvalue weighted by molar-refractivity contribution is 14.1. The van der Waals surface area contributed by atoms with Gasteiger partial charge in [0.1, 0.15) is 5.82 Å². The molecule has 3 aromatic rings. The Morgan fingerprint density at radius 1 is 1.21 bits per heavy atom. The second kappa shape index (κ2) is 4.67. The monoisotopic (exact) mass is 359 g/mol. The molecule has 1 aromatic heterocycles. The fraction of sp³-hybridized carbons (Fsp3) is 0.0667. The van der Waals surface area contributed by atoms with Crippen LogP contribution >= 0.6 is 22.6 Å². The van der Waals surface area contributed by atoms with E-state index in [-0.39, 0.29) is 0 Å². The summed E-state index contributed by atoms with van der Waals surface area (Å²) in [5.41, 5.74) is 3.64. The van der Waals surface area contributed by atoms with Crippen LogP contribution in [0.15, 0.2) is 42.5 Å². The van der Waals surface area contributed by atoms with Crippen LogP contribution in [0, 0.1) is 14.9 Å². The molecule has 0 spiro atoms. The molecule has 0 bridgehead atoms. The summed E-state index contributed by atoms with van der Waals surface area (Å²) < 4.78 is 3.23. The number of halogens is 1. The highest BCUT2D eigenvalue weighted by Crippen LogP contribution is 2.27. The number of fused-ring (bicyclic) bond motifs is 1. The zero-order valence-electron chi connectivity index (χ0n) is 10.3. The van der Waals surface area contributed by atoms with Gasteiger partial charge in [0.15, 0.2) is 0 Å². The molecule has 4 heteroatoms. The minimum absolute atomic E-state index is 0.639. The van der Waals surface area contributed by atoms with Crippen molar-refractivity contribution in [2.24, 2.45) is 7.05 Å². The topological polar surface area (TPSA) is 41.6 Å². The number of nitrogens with zero attached hydrogens (tertiary/aromatic N) is 3. The van der Waals surface area contributed by atoms with Crippen LogP contribution in [0.3, 0.4) is 0 Å². The number of hydrogen-bond acceptors (Lipinski definition) is 2. The first kappa shape index (κ1) is 12.2. The summed E-state index contributed by atoms with van der Waals surface area (Å²) in [6.07, 6.45) is 0. The van der Waals surface area contributed by atoms with Crippen LogP contribution in [-0.2, 0) is 7.05 Å². The first-order valence-electron chi connectivity index (χ1n) is 5.82. The maximum absolute atomic E-state index is 8.95. The van der Waals surface area contributed by atoms with Gasteiger partial charge in [-0.25, -0.2) is 4.98 Å². The Hall–Kier alpha value is -1.87. The zero-order valence-corrected chi connectivity index (χ0v) is 12.4. The Balaban J connectivity index is 2.29. The van der Waals surface area contributed by atoms with Crippen molar-refractivity contribution >= 4 is 33.6 Å². The molecule has 19 heavy (non-hydrogen) atoms. The smallest absolute Gasteiger partial charge is 0.141 e. The SMILES string of the molecule is Cn1c(-c2ccccc2I)nc2cc(C#N)ccc21. The molecular formula is C15H10IN3. The van der Waals surface area contributed by atoms with Gasteiger partial charge in [0.25, 0.3) is 0 Å². The molecule has 2 aromatic carbocycles. The molecule has 0 saturated heterocycles. The number of aromatic nitrogens is 2. The van der Waals surface area contributed by atoms with Crippen molar-refractivity contribution in [3.63, 3.8) is 0 Å². The Kier molecular flexibility index (Phi) is 2.99. The molecule has 0 N–H and O–H groups in total. The Labute approximate surface area is 124 Å². The summed E-state index contributed by atoms with van der Waals surface area (Å²) in [5, 5.41) is 8.95. The van der Waals surface area contributed by atoms with E-state index in [1.54, 1.807) is 0 Å². The average Bonchev–Trinajstić information content (AvgIpc) is 2.76. The van der Waals surface area contributed by atoms with E-state index < -0.39 is 0 Å². The highest BCUT2D eigenvalue weighted by Gasteiger charge is 2.12. The van der Waals surface area contributed by atoms with E-state index in [0.29, 0.717) is 5.56 Å². The molecule has 0 aliphatic rings. The van der Waals surface area contributed by atoms with E-state index in [4.69, 9.17) is 5.26 Å². The second-order valence-corrected chi connectivity index (χ2v) is 5.45. The van der Waals surface area contributed by atoms with E-state index in [9.17, 15) is 0 Å². The van der Waals surface area contributed by atoms with Crippen molar-refractivity contribution in [1.29, 1.82) is 5.26 Å². The van der Waals surface area contributed by atoms with Gasteiger partial charge in [-0.3, -0.25) is 0 Å². The lowest BCUT2D eigenvalue weighted by Crippen LogP contribution is -1.94. The molecule has 0 aliphatic heterocycles. The fourth-order valence-electron chi connectivity index (χ4n) is 2.15. The minimum atomic E-state index is 0.639. The average molecular weight is 359 g/mol. The van der Waals surface area contributed by atoms with Gasteiger partial charge in [0.05, 0.1) is 22.7 Å². The van der Waals surface area contributed by atoms with Crippen LogP contribution in [0.25, 0.3) is 22.4 Å². The zero-order chi connectivity index (χ0) is 13.4. The summed E-state index contributed by atoms with van der Waals surface area (Å²) in [5.74, 6) is 0.926. The van der Waals surface area contributed by atoms with Crippen molar-refractivity contribution in [3.8, 4) is 17.5 Å². The maximum atomic E-state index is 8.95. The molecule has 0 aliphatic carbocycles. The molecule has 0 atom stereocenters. The van der Waals surface area contributed by atoms with Gasteiger partial charge in [-0.05, 0) is 46.9 Å². The molecule has 3 nitrogen and oxygen atoms in total.